The Morgan fingerprint density at radius 1 is 1.30 bits per heavy atom. The summed E-state index contributed by atoms with van der Waals surface area (Å²) in [6.45, 7) is 1.64. The van der Waals surface area contributed by atoms with Crippen molar-refractivity contribution >= 4 is 11.7 Å². The zero-order chi connectivity index (χ0) is 13.7. The lowest BCUT2D eigenvalue weighted by Gasteiger charge is -2.25. The molecule has 3 aliphatic carbocycles. The molecule has 0 aliphatic heterocycles. The number of rotatable bonds is 2. The van der Waals surface area contributed by atoms with Crippen LogP contribution >= 0.6 is 0 Å². The number of hydrogen-bond acceptors (Lipinski definition) is 5. The van der Waals surface area contributed by atoms with Crippen LogP contribution < -0.4 is 11.0 Å². The fourth-order valence-electron chi connectivity index (χ4n) is 4.51. The van der Waals surface area contributed by atoms with E-state index in [1.807, 2.05) is 0 Å². The highest BCUT2D eigenvalue weighted by molar-refractivity contribution is 5.90. The average Bonchev–Trinajstić information content (AvgIpc) is 3.11. The van der Waals surface area contributed by atoms with Gasteiger partial charge in [0.05, 0.1) is 0 Å². The molecule has 0 saturated heterocycles. The van der Waals surface area contributed by atoms with E-state index in [0.717, 1.165) is 24.2 Å². The van der Waals surface area contributed by atoms with Crippen LogP contribution in [0.2, 0.25) is 0 Å². The van der Waals surface area contributed by atoms with Crippen LogP contribution in [-0.2, 0) is 0 Å². The van der Waals surface area contributed by atoms with Crippen LogP contribution in [0, 0.1) is 30.6 Å². The number of aromatic amines is 1. The van der Waals surface area contributed by atoms with Crippen LogP contribution in [-0.4, -0.2) is 20.9 Å². The summed E-state index contributed by atoms with van der Waals surface area (Å²) >= 11 is 0. The molecule has 3 saturated carbocycles. The topological polar surface area (TPSA) is 83.0 Å². The molecule has 1 aromatic rings. The van der Waals surface area contributed by atoms with Gasteiger partial charge in [-0.2, -0.15) is 5.10 Å². The molecule has 4 atom stereocenters. The first kappa shape index (κ1) is 12.1. The van der Waals surface area contributed by atoms with Gasteiger partial charge >= 0.3 is 0 Å². The van der Waals surface area contributed by atoms with Crippen LogP contribution in [0.25, 0.3) is 0 Å². The molecule has 0 unspecified atom stereocenters. The lowest BCUT2D eigenvalue weighted by molar-refractivity contribution is 0.333. The van der Waals surface area contributed by atoms with Crippen LogP contribution in [0.5, 0.6) is 0 Å². The summed E-state index contributed by atoms with van der Waals surface area (Å²) in [5, 5.41) is 12.2. The van der Waals surface area contributed by atoms with Crippen molar-refractivity contribution in [2.45, 2.75) is 39.0 Å². The first-order chi connectivity index (χ1) is 9.72. The summed E-state index contributed by atoms with van der Waals surface area (Å²) in [5.74, 6) is 3.65. The molecule has 2 bridgehead atoms. The first-order valence-corrected chi connectivity index (χ1v) is 7.48. The molecule has 6 nitrogen and oxygen atoms in total. The number of H-pyrrole nitrogens is 1. The molecule has 1 aromatic heterocycles. The molecule has 3 fully saturated rings. The number of hydrogen-bond donors (Lipinski definition) is 2. The fourth-order valence-corrected chi connectivity index (χ4v) is 4.51. The number of aryl methyl sites for hydroxylation is 1. The second-order valence-electron chi connectivity index (χ2n) is 6.37. The Balaban J connectivity index is 1.51. The lowest BCUT2D eigenvalue weighted by atomic mass is 9.81. The second kappa shape index (κ2) is 4.40. The third-order valence-electron chi connectivity index (χ3n) is 5.37. The molecule has 0 spiro atoms. The zero-order valence-electron chi connectivity index (χ0n) is 11.6. The Hall–Kier alpha value is -1.72. The van der Waals surface area contributed by atoms with E-state index < -0.39 is 0 Å². The van der Waals surface area contributed by atoms with E-state index in [1.54, 1.807) is 6.92 Å². The summed E-state index contributed by atoms with van der Waals surface area (Å²) in [6, 6.07) is 0. The van der Waals surface area contributed by atoms with Crippen molar-refractivity contribution in [3.05, 3.63) is 16.0 Å². The van der Waals surface area contributed by atoms with Gasteiger partial charge in [-0.25, -0.2) is 5.43 Å². The summed E-state index contributed by atoms with van der Waals surface area (Å²) < 4.78 is 0. The van der Waals surface area contributed by atoms with E-state index in [-0.39, 0.29) is 5.56 Å². The highest BCUT2D eigenvalue weighted by Crippen LogP contribution is 2.57. The van der Waals surface area contributed by atoms with Crippen molar-refractivity contribution in [3.8, 4) is 0 Å². The third kappa shape index (κ3) is 1.77. The van der Waals surface area contributed by atoms with E-state index in [1.165, 1.54) is 31.4 Å². The summed E-state index contributed by atoms with van der Waals surface area (Å²) in [4.78, 5) is 14.1. The van der Waals surface area contributed by atoms with E-state index >= 15 is 0 Å². The van der Waals surface area contributed by atoms with Gasteiger partial charge in [0.15, 0.2) is 0 Å². The molecule has 6 heteroatoms. The summed E-state index contributed by atoms with van der Waals surface area (Å²) in [6.07, 6.45) is 6.60. The quantitative estimate of drug-likeness (QED) is 0.803. The van der Waals surface area contributed by atoms with Crippen molar-refractivity contribution in [3.63, 3.8) is 0 Å². The van der Waals surface area contributed by atoms with E-state index in [4.69, 9.17) is 0 Å². The molecule has 0 amide bonds. The van der Waals surface area contributed by atoms with Crippen LogP contribution in [0.4, 0.5) is 5.95 Å². The number of nitrogens with one attached hydrogen (secondary N) is 2. The monoisotopic (exact) mass is 273 g/mol. The van der Waals surface area contributed by atoms with Gasteiger partial charge in [-0.15, -0.1) is 10.2 Å². The predicted molar refractivity (Wildman–Crippen MR) is 75.5 cm³/mol. The number of hydrazone groups is 1. The molecule has 20 heavy (non-hydrogen) atoms. The molecular weight excluding hydrogens is 254 g/mol. The van der Waals surface area contributed by atoms with Crippen molar-refractivity contribution in [1.82, 2.24) is 15.2 Å². The zero-order valence-corrected chi connectivity index (χ0v) is 11.6. The minimum atomic E-state index is -0.216. The lowest BCUT2D eigenvalue weighted by Crippen LogP contribution is -2.25. The molecular formula is C14H19N5O. The minimum Gasteiger partial charge on any atom is -0.288 e. The Labute approximate surface area is 117 Å². The van der Waals surface area contributed by atoms with Crippen molar-refractivity contribution in [1.29, 1.82) is 0 Å². The first-order valence-electron chi connectivity index (χ1n) is 7.48. The fraction of sp³-hybridized carbons (Fsp3) is 0.714. The van der Waals surface area contributed by atoms with Gasteiger partial charge < -0.3 is 0 Å². The maximum atomic E-state index is 11.5. The maximum absolute atomic E-state index is 11.5. The molecule has 1 heterocycles. The molecule has 4 rings (SSSR count). The Bertz CT molecular complexity index is 622. The summed E-state index contributed by atoms with van der Waals surface area (Å²) in [5.41, 5.74) is 4.30. The van der Waals surface area contributed by atoms with Gasteiger partial charge in [-0.1, -0.05) is 6.42 Å². The predicted octanol–water partition coefficient (Wildman–Crippen LogP) is 1.70. The average molecular weight is 273 g/mol. The minimum absolute atomic E-state index is 0.216. The van der Waals surface area contributed by atoms with Gasteiger partial charge in [-0.3, -0.25) is 9.78 Å². The largest absolute Gasteiger partial charge is 0.288 e. The SMILES string of the molecule is Cc1nnc(N/N=C2\C[C@H]3C[C@H]2[C@H]2CCC[C@@H]32)[nH]c1=O. The van der Waals surface area contributed by atoms with Crippen LogP contribution in [0.15, 0.2) is 9.90 Å². The Morgan fingerprint density at radius 3 is 3.00 bits per heavy atom. The molecule has 0 radical (unpaired) electrons. The van der Waals surface area contributed by atoms with Crippen molar-refractivity contribution in [2.75, 3.05) is 5.43 Å². The third-order valence-corrected chi connectivity index (χ3v) is 5.37. The van der Waals surface area contributed by atoms with E-state index in [2.05, 4.69) is 25.7 Å². The highest BCUT2D eigenvalue weighted by atomic mass is 16.1. The maximum Gasteiger partial charge on any atom is 0.274 e. The number of fused-ring (bicyclic) bond motifs is 5. The van der Waals surface area contributed by atoms with Gasteiger partial charge in [0, 0.05) is 11.6 Å². The molecule has 2 N–H and O–H groups in total. The smallest absolute Gasteiger partial charge is 0.274 e. The second-order valence-corrected chi connectivity index (χ2v) is 6.37. The Morgan fingerprint density at radius 2 is 2.15 bits per heavy atom. The van der Waals surface area contributed by atoms with Gasteiger partial charge in [-0.05, 0) is 50.4 Å². The number of anilines is 1. The number of nitrogens with zero attached hydrogens (tertiary/aromatic N) is 3. The van der Waals surface area contributed by atoms with Crippen molar-refractivity contribution in [2.24, 2.45) is 28.8 Å². The molecule has 0 aromatic carbocycles. The van der Waals surface area contributed by atoms with Gasteiger partial charge in [0.1, 0.15) is 5.69 Å². The van der Waals surface area contributed by atoms with Crippen LogP contribution in [0.1, 0.15) is 37.8 Å². The highest BCUT2D eigenvalue weighted by Gasteiger charge is 2.52. The van der Waals surface area contributed by atoms with E-state index in [0.29, 0.717) is 17.6 Å². The van der Waals surface area contributed by atoms with E-state index in [9.17, 15) is 4.79 Å². The molecule has 3 aliphatic rings. The standard InChI is InChI=1S/C14H19N5O/c1-7-13(20)15-14(18-16-7)19-17-12-6-8-5-11(12)10-4-2-3-9(8)10/h8-11H,2-6H2,1H3,(H2,15,18,19,20)/b17-12+/t8-,9+,10+,11+/m1/s1. The summed E-state index contributed by atoms with van der Waals surface area (Å²) in [7, 11) is 0. The molecule has 106 valence electrons. The van der Waals surface area contributed by atoms with Crippen molar-refractivity contribution < 1.29 is 0 Å². The Kier molecular flexibility index (Phi) is 2.65. The normalized spacial score (nSPS) is 36.5. The number of aromatic nitrogens is 3. The van der Waals surface area contributed by atoms with Crippen LogP contribution in [0.3, 0.4) is 0 Å². The van der Waals surface area contributed by atoms with Gasteiger partial charge in [0.25, 0.3) is 5.56 Å². The van der Waals surface area contributed by atoms with Gasteiger partial charge in [0.2, 0.25) is 5.95 Å².